The molecule has 1 N–H and O–H groups in total. The van der Waals surface area contributed by atoms with Gasteiger partial charge < -0.3 is 15.0 Å². The van der Waals surface area contributed by atoms with Crippen molar-refractivity contribution >= 4 is 23.5 Å². The van der Waals surface area contributed by atoms with Gasteiger partial charge in [0.1, 0.15) is 17.6 Å². The van der Waals surface area contributed by atoms with Crippen LogP contribution in [0.15, 0.2) is 54.6 Å². The number of rotatable bonds is 4. The zero-order valence-corrected chi connectivity index (χ0v) is 14.9. The topological polar surface area (TPSA) is 79.0 Å². The molecule has 2 aromatic carbocycles. The van der Waals surface area contributed by atoms with E-state index in [9.17, 15) is 18.8 Å². The third-order valence-electron chi connectivity index (χ3n) is 4.89. The molecule has 0 aromatic heterocycles. The first-order valence-corrected chi connectivity index (χ1v) is 8.92. The van der Waals surface area contributed by atoms with Gasteiger partial charge in [-0.2, -0.15) is 0 Å². The van der Waals surface area contributed by atoms with Crippen LogP contribution in [0.3, 0.4) is 0 Å². The molecule has 7 nitrogen and oxygen atoms in total. The minimum absolute atomic E-state index is 0.203. The number of halogens is 1. The van der Waals surface area contributed by atoms with Gasteiger partial charge in [-0.15, -0.1) is 0 Å². The van der Waals surface area contributed by atoms with Crippen LogP contribution >= 0.6 is 0 Å². The number of hydrogen-bond acceptors (Lipinski definition) is 4. The highest BCUT2D eigenvalue weighted by Crippen LogP contribution is 2.28. The molecule has 2 heterocycles. The third-order valence-corrected chi connectivity index (χ3v) is 4.89. The van der Waals surface area contributed by atoms with E-state index >= 15 is 0 Å². The first-order chi connectivity index (χ1) is 13.5. The Labute approximate surface area is 160 Å². The number of amides is 4. The van der Waals surface area contributed by atoms with Crippen molar-refractivity contribution in [1.82, 2.24) is 10.2 Å². The van der Waals surface area contributed by atoms with Crippen LogP contribution in [0, 0.1) is 5.82 Å². The van der Waals surface area contributed by atoms with Crippen LogP contribution in [0.4, 0.5) is 14.9 Å². The molecular weight excluding hydrogens is 365 g/mol. The first-order valence-electron chi connectivity index (χ1n) is 8.92. The fourth-order valence-electron chi connectivity index (χ4n) is 3.56. The van der Waals surface area contributed by atoms with Crippen LogP contribution in [-0.4, -0.2) is 48.0 Å². The zero-order valence-electron chi connectivity index (χ0n) is 14.9. The maximum atomic E-state index is 13.2. The highest BCUT2D eigenvalue weighted by Gasteiger charge is 2.49. The smallest absolute Gasteiger partial charge is 0.329 e. The van der Waals surface area contributed by atoms with Gasteiger partial charge in [0.15, 0.2) is 6.61 Å². The Balaban J connectivity index is 1.51. The average Bonchev–Trinajstić information content (AvgIpc) is 3.12. The quantitative estimate of drug-likeness (QED) is 0.875. The molecule has 2 aromatic rings. The molecule has 0 unspecified atom stereocenters. The number of nitrogens with one attached hydrogen (secondary N) is 1. The van der Waals surface area contributed by atoms with E-state index in [1.165, 1.54) is 29.2 Å². The zero-order chi connectivity index (χ0) is 19.7. The Morgan fingerprint density at radius 1 is 1.11 bits per heavy atom. The van der Waals surface area contributed by atoms with Crippen LogP contribution in [-0.2, 0) is 9.59 Å². The molecule has 144 valence electrons. The summed E-state index contributed by atoms with van der Waals surface area (Å²) in [5, 5.41) is 2.77. The predicted octanol–water partition coefficient (Wildman–Crippen LogP) is 1.93. The van der Waals surface area contributed by atoms with E-state index < -0.39 is 29.8 Å². The van der Waals surface area contributed by atoms with Gasteiger partial charge >= 0.3 is 6.03 Å². The number of carbonyl (C=O) groups is 3. The molecule has 8 heteroatoms. The number of anilines is 1. The number of urea groups is 1. The Kier molecular flexibility index (Phi) is 4.68. The molecule has 2 aliphatic heterocycles. The molecular formula is C20H18FN3O4. The number of imide groups is 1. The van der Waals surface area contributed by atoms with Gasteiger partial charge in [0.25, 0.3) is 11.8 Å². The molecule has 0 spiro atoms. The van der Waals surface area contributed by atoms with Gasteiger partial charge in [-0.25, -0.2) is 14.1 Å². The molecule has 2 saturated heterocycles. The lowest BCUT2D eigenvalue weighted by Gasteiger charge is -2.36. The molecule has 4 rings (SSSR count). The highest BCUT2D eigenvalue weighted by molar-refractivity contribution is 6.19. The van der Waals surface area contributed by atoms with E-state index in [0.717, 1.165) is 4.90 Å². The number of nitrogens with zero attached hydrogens (tertiary/aromatic N) is 2. The lowest BCUT2D eigenvalue weighted by atomic mass is 10.0. The summed E-state index contributed by atoms with van der Waals surface area (Å²) in [5.74, 6) is -0.754. The van der Waals surface area contributed by atoms with E-state index in [1.807, 2.05) is 6.07 Å². The number of likely N-dealkylation sites (tertiary alicyclic amines) is 1. The van der Waals surface area contributed by atoms with Crippen molar-refractivity contribution < 1.29 is 23.5 Å². The lowest BCUT2D eigenvalue weighted by molar-refractivity contribution is -0.139. The Hall–Kier alpha value is -3.42. The second-order valence-corrected chi connectivity index (χ2v) is 6.63. The van der Waals surface area contributed by atoms with Crippen LogP contribution < -0.4 is 15.0 Å². The fourth-order valence-corrected chi connectivity index (χ4v) is 3.56. The standard InChI is InChI=1S/C20H18FN3O4/c21-13-6-8-14(9-7-13)24-19(26)18-16(22-20(24)27)10-11-23(18)17(25)12-28-15-4-2-1-3-5-15/h1-9,16,18H,10-12H2,(H,22,27)/t16-,18-/m0/s1. The number of fused-ring (bicyclic) bond motifs is 1. The summed E-state index contributed by atoms with van der Waals surface area (Å²) in [7, 11) is 0. The number of ether oxygens (including phenoxy) is 1. The lowest BCUT2D eigenvalue weighted by Crippen LogP contribution is -2.65. The minimum Gasteiger partial charge on any atom is -0.484 e. The summed E-state index contributed by atoms with van der Waals surface area (Å²) in [5.41, 5.74) is 0.252. The van der Waals surface area contributed by atoms with Crippen molar-refractivity contribution in [3.63, 3.8) is 0 Å². The minimum atomic E-state index is -0.811. The fraction of sp³-hybridized carbons (Fsp3) is 0.250. The van der Waals surface area contributed by atoms with Gasteiger partial charge in [0, 0.05) is 6.54 Å². The van der Waals surface area contributed by atoms with Crippen molar-refractivity contribution in [3.8, 4) is 5.75 Å². The molecule has 0 bridgehead atoms. The largest absolute Gasteiger partial charge is 0.484 e. The van der Waals surface area contributed by atoms with Gasteiger partial charge in [-0.3, -0.25) is 9.59 Å². The molecule has 28 heavy (non-hydrogen) atoms. The van der Waals surface area contributed by atoms with E-state index in [2.05, 4.69) is 5.32 Å². The van der Waals surface area contributed by atoms with Gasteiger partial charge in [0.2, 0.25) is 0 Å². The Morgan fingerprint density at radius 3 is 2.54 bits per heavy atom. The van der Waals surface area contributed by atoms with Crippen molar-refractivity contribution in [2.24, 2.45) is 0 Å². The first kappa shape index (κ1) is 18.0. The summed E-state index contributed by atoms with van der Waals surface area (Å²) in [4.78, 5) is 40.5. The normalized spacial score (nSPS) is 21.3. The van der Waals surface area contributed by atoms with E-state index in [0.29, 0.717) is 18.7 Å². The Morgan fingerprint density at radius 2 is 1.82 bits per heavy atom. The predicted molar refractivity (Wildman–Crippen MR) is 98.3 cm³/mol. The van der Waals surface area contributed by atoms with Crippen molar-refractivity contribution in [2.45, 2.75) is 18.5 Å². The summed E-state index contributed by atoms with van der Waals surface area (Å²) in [6, 6.07) is 12.1. The number of hydrogen-bond donors (Lipinski definition) is 1. The molecule has 0 radical (unpaired) electrons. The van der Waals surface area contributed by atoms with Gasteiger partial charge in [0.05, 0.1) is 11.7 Å². The van der Waals surface area contributed by atoms with Crippen molar-refractivity contribution in [1.29, 1.82) is 0 Å². The highest BCUT2D eigenvalue weighted by atomic mass is 19.1. The van der Waals surface area contributed by atoms with Gasteiger partial charge in [-0.1, -0.05) is 18.2 Å². The average molecular weight is 383 g/mol. The summed E-state index contributed by atoms with van der Waals surface area (Å²) < 4.78 is 18.7. The van der Waals surface area contributed by atoms with Gasteiger partial charge in [-0.05, 0) is 42.8 Å². The SMILES string of the molecule is O=C1N[C@H]2CCN(C(=O)COc3ccccc3)[C@@H]2C(=O)N1c1ccc(F)cc1. The van der Waals surface area contributed by atoms with E-state index in [4.69, 9.17) is 4.74 Å². The van der Waals surface area contributed by atoms with E-state index in [-0.39, 0.29) is 18.2 Å². The number of carbonyl (C=O) groups excluding carboxylic acids is 3. The number of para-hydroxylation sites is 1. The molecule has 2 aliphatic rings. The summed E-state index contributed by atoms with van der Waals surface area (Å²) in [6.07, 6.45) is 0.483. The monoisotopic (exact) mass is 383 g/mol. The van der Waals surface area contributed by atoms with Crippen LogP contribution in [0.25, 0.3) is 0 Å². The summed E-state index contributed by atoms with van der Waals surface area (Å²) in [6.45, 7) is 0.139. The molecule has 0 saturated carbocycles. The maximum Gasteiger partial charge on any atom is 0.329 e. The molecule has 2 fully saturated rings. The van der Waals surface area contributed by atoms with Crippen molar-refractivity contribution in [2.75, 3.05) is 18.1 Å². The molecule has 4 amide bonds. The Bertz CT molecular complexity index is 903. The molecule has 2 atom stereocenters. The maximum absolute atomic E-state index is 13.2. The second-order valence-electron chi connectivity index (χ2n) is 6.63. The van der Waals surface area contributed by atoms with Crippen LogP contribution in [0.2, 0.25) is 0 Å². The van der Waals surface area contributed by atoms with Crippen molar-refractivity contribution in [3.05, 3.63) is 60.4 Å². The van der Waals surface area contributed by atoms with Crippen LogP contribution in [0.1, 0.15) is 6.42 Å². The number of benzene rings is 2. The summed E-state index contributed by atoms with van der Waals surface area (Å²) >= 11 is 0. The second kappa shape index (κ2) is 7.30. The molecule has 0 aliphatic carbocycles. The third kappa shape index (κ3) is 3.28. The van der Waals surface area contributed by atoms with Crippen LogP contribution in [0.5, 0.6) is 5.75 Å². The van der Waals surface area contributed by atoms with E-state index in [1.54, 1.807) is 24.3 Å².